The van der Waals surface area contributed by atoms with Crippen molar-refractivity contribution in [2.45, 2.75) is 20.0 Å². The molecule has 26 heavy (non-hydrogen) atoms. The Morgan fingerprint density at radius 3 is 2.42 bits per heavy atom. The van der Waals surface area contributed by atoms with Gasteiger partial charge in [-0.2, -0.15) is 0 Å². The van der Waals surface area contributed by atoms with Crippen LogP contribution in [0.15, 0.2) is 51.9 Å². The van der Waals surface area contributed by atoms with Gasteiger partial charge in [-0.1, -0.05) is 34.1 Å². The van der Waals surface area contributed by atoms with E-state index in [9.17, 15) is 0 Å². The quantitative estimate of drug-likeness (QED) is 0.316. The number of hydrogen-bond acceptors (Lipinski definition) is 3. The molecule has 2 aromatic carbocycles. The van der Waals surface area contributed by atoms with Gasteiger partial charge in [-0.15, -0.1) is 24.0 Å². The van der Waals surface area contributed by atoms with E-state index in [4.69, 9.17) is 9.47 Å². The molecule has 0 aromatic heterocycles. The summed E-state index contributed by atoms with van der Waals surface area (Å²) in [6, 6.07) is 14.0. The highest BCUT2D eigenvalue weighted by Gasteiger charge is 2.05. The van der Waals surface area contributed by atoms with E-state index in [0.717, 1.165) is 39.6 Å². The number of hydrogen-bond donors (Lipinski definition) is 2. The predicted molar refractivity (Wildman–Crippen MR) is 121 cm³/mol. The first-order valence-electron chi connectivity index (χ1n) is 8.13. The summed E-state index contributed by atoms with van der Waals surface area (Å²) < 4.78 is 11.7. The van der Waals surface area contributed by atoms with Gasteiger partial charge in [-0.05, 0) is 42.3 Å². The molecule has 2 N–H and O–H groups in total. The molecule has 5 nitrogen and oxygen atoms in total. The SMILES string of the molecule is CCNC(=NCc1cccc(Br)c1)NCc1ccc(OC)c(OC)c1.I. The molecular weight excluding hydrogens is 509 g/mol. The third-order valence-corrected chi connectivity index (χ3v) is 4.05. The third-order valence-electron chi connectivity index (χ3n) is 3.56. The van der Waals surface area contributed by atoms with Crippen molar-refractivity contribution in [3.8, 4) is 11.5 Å². The Balaban J connectivity index is 0.00000338. The van der Waals surface area contributed by atoms with Crippen molar-refractivity contribution in [2.75, 3.05) is 20.8 Å². The van der Waals surface area contributed by atoms with Crippen LogP contribution in [0.4, 0.5) is 0 Å². The first-order valence-corrected chi connectivity index (χ1v) is 8.93. The normalized spacial score (nSPS) is 10.7. The van der Waals surface area contributed by atoms with Crippen LogP contribution in [-0.2, 0) is 13.1 Å². The van der Waals surface area contributed by atoms with E-state index in [0.29, 0.717) is 13.1 Å². The molecule has 0 radical (unpaired) electrons. The molecule has 0 bridgehead atoms. The molecule has 0 atom stereocenters. The lowest BCUT2D eigenvalue weighted by Crippen LogP contribution is -2.36. The number of ether oxygens (including phenoxy) is 2. The van der Waals surface area contributed by atoms with Crippen molar-refractivity contribution < 1.29 is 9.47 Å². The molecule has 142 valence electrons. The van der Waals surface area contributed by atoms with Crippen LogP contribution in [0.3, 0.4) is 0 Å². The maximum atomic E-state index is 5.34. The number of methoxy groups -OCH3 is 2. The summed E-state index contributed by atoms with van der Waals surface area (Å²) in [6.45, 7) is 4.11. The van der Waals surface area contributed by atoms with Crippen LogP contribution in [0.2, 0.25) is 0 Å². The van der Waals surface area contributed by atoms with E-state index >= 15 is 0 Å². The summed E-state index contributed by atoms with van der Waals surface area (Å²) in [6.07, 6.45) is 0. The summed E-state index contributed by atoms with van der Waals surface area (Å²) in [7, 11) is 3.27. The second kappa shape index (κ2) is 12.0. The smallest absolute Gasteiger partial charge is 0.191 e. The van der Waals surface area contributed by atoms with E-state index in [1.807, 2.05) is 37.3 Å². The maximum absolute atomic E-state index is 5.34. The molecular formula is C19H25BrIN3O2. The lowest BCUT2D eigenvalue weighted by atomic mass is 10.2. The van der Waals surface area contributed by atoms with Crippen molar-refractivity contribution >= 4 is 45.9 Å². The summed E-state index contributed by atoms with van der Waals surface area (Å²) in [4.78, 5) is 4.63. The third kappa shape index (κ3) is 7.03. The summed E-state index contributed by atoms with van der Waals surface area (Å²) >= 11 is 3.48. The van der Waals surface area contributed by atoms with Gasteiger partial charge in [-0.3, -0.25) is 0 Å². The van der Waals surface area contributed by atoms with Crippen LogP contribution >= 0.6 is 39.9 Å². The average molecular weight is 534 g/mol. The van der Waals surface area contributed by atoms with E-state index in [-0.39, 0.29) is 24.0 Å². The minimum Gasteiger partial charge on any atom is -0.493 e. The Bertz CT molecular complexity index is 726. The highest BCUT2D eigenvalue weighted by atomic mass is 127. The van der Waals surface area contributed by atoms with Crippen molar-refractivity contribution in [1.82, 2.24) is 10.6 Å². The Kier molecular flexibility index (Phi) is 10.4. The number of guanidine groups is 1. The largest absolute Gasteiger partial charge is 0.493 e. The second-order valence-corrected chi connectivity index (χ2v) is 6.28. The van der Waals surface area contributed by atoms with Gasteiger partial charge in [0.05, 0.1) is 20.8 Å². The van der Waals surface area contributed by atoms with Gasteiger partial charge in [0.25, 0.3) is 0 Å². The number of nitrogens with zero attached hydrogens (tertiary/aromatic N) is 1. The predicted octanol–water partition coefficient (Wildman–Crippen LogP) is 4.34. The highest BCUT2D eigenvalue weighted by molar-refractivity contribution is 14.0. The lowest BCUT2D eigenvalue weighted by Gasteiger charge is -2.13. The topological polar surface area (TPSA) is 54.9 Å². The van der Waals surface area contributed by atoms with Gasteiger partial charge in [0.1, 0.15) is 0 Å². The molecule has 2 aromatic rings. The minimum absolute atomic E-state index is 0. The van der Waals surface area contributed by atoms with Crippen molar-refractivity contribution in [3.63, 3.8) is 0 Å². The average Bonchev–Trinajstić information content (AvgIpc) is 2.63. The van der Waals surface area contributed by atoms with Gasteiger partial charge in [0.2, 0.25) is 0 Å². The van der Waals surface area contributed by atoms with Crippen LogP contribution in [0, 0.1) is 0 Å². The zero-order valence-corrected chi connectivity index (χ0v) is 19.1. The summed E-state index contributed by atoms with van der Waals surface area (Å²) in [5, 5.41) is 6.60. The van der Waals surface area contributed by atoms with Crippen molar-refractivity contribution in [2.24, 2.45) is 4.99 Å². The molecule has 0 saturated carbocycles. The van der Waals surface area contributed by atoms with E-state index in [2.05, 4.69) is 43.7 Å². The molecule has 0 fully saturated rings. The van der Waals surface area contributed by atoms with Gasteiger partial charge in [0, 0.05) is 17.6 Å². The molecule has 0 aliphatic rings. The van der Waals surface area contributed by atoms with E-state index in [1.165, 1.54) is 0 Å². The lowest BCUT2D eigenvalue weighted by molar-refractivity contribution is 0.354. The minimum atomic E-state index is 0. The molecule has 0 heterocycles. The zero-order chi connectivity index (χ0) is 18.1. The first kappa shape index (κ1) is 22.6. The maximum Gasteiger partial charge on any atom is 0.191 e. The molecule has 0 amide bonds. The summed E-state index contributed by atoms with van der Waals surface area (Å²) in [5.41, 5.74) is 2.24. The fourth-order valence-corrected chi connectivity index (χ4v) is 2.77. The Hall–Kier alpha value is -1.48. The molecule has 0 aliphatic carbocycles. The molecule has 0 saturated heterocycles. The van der Waals surface area contributed by atoms with E-state index in [1.54, 1.807) is 14.2 Å². The molecule has 0 aliphatic heterocycles. The number of rotatable bonds is 7. The molecule has 7 heteroatoms. The second-order valence-electron chi connectivity index (χ2n) is 5.37. The number of aliphatic imine (C=N–C) groups is 1. The fourth-order valence-electron chi connectivity index (χ4n) is 2.32. The Labute approximate surface area is 180 Å². The van der Waals surface area contributed by atoms with Crippen LogP contribution in [0.25, 0.3) is 0 Å². The molecule has 0 spiro atoms. The Morgan fingerprint density at radius 1 is 1.00 bits per heavy atom. The first-order chi connectivity index (χ1) is 12.2. The number of halogens is 2. The van der Waals surface area contributed by atoms with Crippen LogP contribution in [0.5, 0.6) is 11.5 Å². The van der Waals surface area contributed by atoms with Gasteiger partial charge >= 0.3 is 0 Å². The fraction of sp³-hybridized carbons (Fsp3) is 0.316. The van der Waals surface area contributed by atoms with E-state index < -0.39 is 0 Å². The van der Waals surface area contributed by atoms with Crippen LogP contribution < -0.4 is 20.1 Å². The molecule has 0 unspecified atom stereocenters. The Morgan fingerprint density at radius 2 is 1.77 bits per heavy atom. The zero-order valence-electron chi connectivity index (χ0n) is 15.2. The number of nitrogens with one attached hydrogen (secondary N) is 2. The standard InChI is InChI=1S/C19H24BrN3O2.HI/c1-4-21-19(22-12-14-6-5-7-16(20)10-14)23-13-15-8-9-17(24-2)18(11-15)25-3;/h5-11H,4,12-13H2,1-3H3,(H2,21,22,23);1H. The van der Waals surface area contributed by atoms with Crippen LogP contribution in [0.1, 0.15) is 18.1 Å². The van der Waals surface area contributed by atoms with Crippen molar-refractivity contribution in [3.05, 3.63) is 58.1 Å². The van der Waals surface area contributed by atoms with Crippen molar-refractivity contribution in [1.29, 1.82) is 0 Å². The molecule has 2 rings (SSSR count). The van der Waals surface area contributed by atoms with Gasteiger partial charge < -0.3 is 20.1 Å². The monoisotopic (exact) mass is 533 g/mol. The number of benzene rings is 2. The summed E-state index contributed by atoms with van der Waals surface area (Å²) in [5.74, 6) is 2.22. The van der Waals surface area contributed by atoms with Gasteiger partial charge in [-0.25, -0.2) is 4.99 Å². The van der Waals surface area contributed by atoms with Gasteiger partial charge in [0.15, 0.2) is 17.5 Å². The highest BCUT2D eigenvalue weighted by Crippen LogP contribution is 2.27. The van der Waals surface area contributed by atoms with Crippen LogP contribution in [-0.4, -0.2) is 26.7 Å².